The van der Waals surface area contributed by atoms with Crippen LogP contribution in [0.3, 0.4) is 0 Å². The Morgan fingerprint density at radius 1 is 1.56 bits per heavy atom. The minimum atomic E-state index is -0.846. The zero-order valence-electron chi connectivity index (χ0n) is 8.93. The highest BCUT2D eigenvalue weighted by Crippen LogP contribution is 2.08. The maximum atomic E-state index is 11.1. The summed E-state index contributed by atoms with van der Waals surface area (Å²) in [5.74, 6) is -0.455. The number of hydrogen-bond donors (Lipinski definition) is 3. The van der Waals surface area contributed by atoms with E-state index in [1.54, 1.807) is 12.4 Å². The lowest BCUT2D eigenvalue weighted by Gasteiger charge is -2.12. The first-order valence-corrected chi connectivity index (χ1v) is 4.82. The SMILES string of the molecule is CC(NCC(=O)NC(N)=O)c1cccnc1. The number of nitrogens with two attached hydrogens (primary N) is 1. The lowest BCUT2D eigenvalue weighted by molar-refractivity contribution is -0.119. The average molecular weight is 222 g/mol. The second kappa shape index (κ2) is 5.82. The molecule has 4 N–H and O–H groups in total. The minimum absolute atomic E-state index is 0.0210. The van der Waals surface area contributed by atoms with Crippen LogP contribution in [-0.4, -0.2) is 23.5 Å². The van der Waals surface area contributed by atoms with E-state index in [0.29, 0.717) is 0 Å². The molecule has 1 heterocycles. The fourth-order valence-corrected chi connectivity index (χ4v) is 1.18. The number of primary amides is 1. The number of urea groups is 1. The normalized spacial score (nSPS) is 11.8. The van der Waals surface area contributed by atoms with Gasteiger partial charge in [-0.05, 0) is 18.6 Å². The van der Waals surface area contributed by atoms with Gasteiger partial charge in [0, 0.05) is 18.4 Å². The molecule has 1 unspecified atom stereocenters. The molecule has 0 aliphatic carbocycles. The third kappa shape index (κ3) is 4.05. The van der Waals surface area contributed by atoms with E-state index < -0.39 is 11.9 Å². The summed E-state index contributed by atoms with van der Waals surface area (Å²) in [6, 6.07) is 2.85. The van der Waals surface area contributed by atoms with Gasteiger partial charge in [-0.3, -0.25) is 15.1 Å². The number of carbonyl (C=O) groups excluding carboxylic acids is 2. The first-order chi connectivity index (χ1) is 7.59. The lowest BCUT2D eigenvalue weighted by atomic mass is 10.1. The van der Waals surface area contributed by atoms with Gasteiger partial charge in [0.05, 0.1) is 6.54 Å². The Bertz CT molecular complexity index is 366. The molecule has 0 spiro atoms. The van der Waals surface area contributed by atoms with E-state index in [-0.39, 0.29) is 12.6 Å². The zero-order valence-corrected chi connectivity index (χ0v) is 8.93. The minimum Gasteiger partial charge on any atom is -0.351 e. The van der Waals surface area contributed by atoms with Gasteiger partial charge in [-0.25, -0.2) is 4.79 Å². The van der Waals surface area contributed by atoms with Gasteiger partial charge < -0.3 is 11.1 Å². The van der Waals surface area contributed by atoms with Gasteiger partial charge in [-0.1, -0.05) is 6.07 Å². The van der Waals surface area contributed by atoms with E-state index in [4.69, 9.17) is 5.73 Å². The van der Waals surface area contributed by atoms with Gasteiger partial charge in [0.2, 0.25) is 5.91 Å². The first-order valence-electron chi connectivity index (χ1n) is 4.82. The van der Waals surface area contributed by atoms with Gasteiger partial charge >= 0.3 is 6.03 Å². The van der Waals surface area contributed by atoms with E-state index >= 15 is 0 Å². The maximum absolute atomic E-state index is 11.1. The zero-order chi connectivity index (χ0) is 12.0. The number of imide groups is 1. The number of pyridine rings is 1. The number of aromatic nitrogens is 1. The van der Waals surface area contributed by atoms with Crippen molar-refractivity contribution in [3.8, 4) is 0 Å². The fraction of sp³-hybridized carbons (Fsp3) is 0.300. The largest absolute Gasteiger partial charge is 0.351 e. The molecule has 1 rings (SSSR count). The molecule has 0 radical (unpaired) electrons. The summed E-state index contributed by atoms with van der Waals surface area (Å²) >= 11 is 0. The van der Waals surface area contributed by atoms with Gasteiger partial charge in [0.25, 0.3) is 0 Å². The third-order valence-electron chi connectivity index (χ3n) is 2.02. The van der Waals surface area contributed by atoms with Crippen molar-refractivity contribution in [3.63, 3.8) is 0 Å². The van der Waals surface area contributed by atoms with Crippen molar-refractivity contribution in [2.24, 2.45) is 5.73 Å². The van der Waals surface area contributed by atoms with Gasteiger partial charge in [0.1, 0.15) is 0 Å². The van der Waals surface area contributed by atoms with Crippen molar-refractivity contribution >= 4 is 11.9 Å². The van der Waals surface area contributed by atoms with Crippen molar-refractivity contribution < 1.29 is 9.59 Å². The van der Waals surface area contributed by atoms with E-state index in [1.165, 1.54) is 0 Å². The molecule has 0 bridgehead atoms. The van der Waals surface area contributed by atoms with Gasteiger partial charge in [-0.2, -0.15) is 0 Å². The van der Waals surface area contributed by atoms with E-state index in [9.17, 15) is 9.59 Å². The fourth-order valence-electron chi connectivity index (χ4n) is 1.18. The Morgan fingerprint density at radius 2 is 2.31 bits per heavy atom. The van der Waals surface area contributed by atoms with Crippen molar-refractivity contribution in [2.45, 2.75) is 13.0 Å². The molecule has 0 aliphatic heterocycles. The summed E-state index contributed by atoms with van der Waals surface area (Å²) in [7, 11) is 0. The molecule has 0 saturated carbocycles. The predicted molar refractivity (Wildman–Crippen MR) is 58.4 cm³/mol. The highest BCUT2D eigenvalue weighted by molar-refractivity contribution is 5.94. The van der Waals surface area contributed by atoms with E-state index in [1.807, 2.05) is 24.4 Å². The van der Waals surface area contributed by atoms with Crippen molar-refractivity contribution in [1.82, 2.24) is 15.6 Å². The highest BCUT2D eigenvalue weighted by atomic mass is 16.2. The summed E-state index contributed by atoms with van der Waals surface area (Å²) < 4.78 is 0. The molecule has 1 atom stereocenters. The van der Waals surface area contributed by atoms with Crippen LogP contribution in [0.4, 0.5) is 4.79 Å². The van der Waals surface area contributed by atoms with Crippen molar-refractivity contribution in [3.05, 3.63) is 30.1 Å². The van der Waals surface area contributed by atoms with Crippen LogP contribution in [0.25, 0.3) is 0 Å². The molecule has 1 aromatic heterocycles. The predicted octanol–water partition coefficient (Wildman–Crippen LogP) is -0.0729. The van der Waals surface area contributed by atoms with E-state index in [0.717, 1.165) is 5.56 Å². The molecular formula is C10H14N4O2. The van der Waals surface area contributed by atoms with Gasteiger partial charge in [-0.15, -0.1) is 0 Å². The molecule has 3 amide bonds. The van der Waals surface area contributed by atoms with Crippen LogP contribution in [0, 0.1) is 0 Å². The molecule has 0 aliphatic rings. The Balaban J connectivity index is 2.39. The van der Waals surface area contributed by atoms with Crippen LogP contribution in [-0.2, 0) is 4.79 Å². The van der Waals surface area contributed by atoms with Crippen LogP contribution >= 0.6 is 0 Å². The Hall–Kier alpha value is -1.95. The quantitative estimate of drug-likeness (QED) is 0.664. The summed E-state index contributed by atoms with van der Waals surface area (Å²) in [6.07, 6.45) is 3.39. The standard InChI is InChI=1S/C10H14N4O2/c1-7(8-3-2-4-12-5-8)13-6-9(15)14-10(11)16/h2-5,7,13H,6H2,1H3,(H3,11,14,15,16). The molecule has 16 heavy (non-hydrogen) atoms. The molecule has 86 valence electrons. The first kappa shape index (κ1) is 12.1. The maximum Gasteiger partial charge on any atom is 0.318 e. The molecule has 6 nitrogen and oxygen atoms in total. The Kier molecular flexibility index (Phi) is 4.41. The lowest BCUT2D eigenvalue weighted by Crippen LogP contribution is -2.41. The number of nitrogens with zero attached hydrogens (tertiary/aromatic N) is 1. The second-order valence-corrected chi connectivity index (χ2v) is 3.30. The molecular weight excluding hydrogens is 208 g/mol. The number of hydrogen-bond acceptors (Lipinski definition) is 4. The molecule has 6 heteroatoms. The summed E-state index contributed by atoms with van der Waals surface area (Å²) in [6.45, 7) is 1.92. The molecule has 0 saturated heterocycles. The molecule has 0 aromatic carbocycles. The number of amides is 3. The topological polar surface area (TPSA) is 97.1 Å². The van der Waals surface area contributed by atoms with E-state index in [2.05, 4.69) is 10.3 Å². The van der Waals surface area contributed by atoms with Crippen molar-refractivity contribution in [2.75, 3.05) is 6.54 Å². The van der Waals surface area contributed by atoms with Crippen LogP contribution < -0.4 is 16.4 Å². The van der Waals surface area contributed by atoms with Crippen LogP contribution in [0.5, 0.6) is 0 Å². The van der Waals surface area contributed by atoms with Crippen LogP contribution in [0.1, 0.15) is 18.5 Å². The summed E-state index contributed by atoms with van der Waals surface area (Å²) in [5, 5.41) is 4.92. The van der Waals surface area contributed by atoms with Crippen LogP contribution in [0.15, 0.2) is 24.5 Å². The average Bonchev–Trinajstić information content (AvgIpc) is 2.26. The van der Waals surface area contributed by atoms with Gasteiger partial charge in [0.15, 0.2) is 0 Å². The number of carbonyl (C=O) groups is 2. The number of nitrogens with one attached hydrogen (secondary N) is 2. The second-order valence-electron chi connectivity index (χ2n) is 3.30. The summed E-state index contributed by atoms with van der Waals surface area (Å²) in [4.78, 5) is 25.4. The Labute approximate surface area is 93.2 Å². The number of rotatable bonds is 4. The molecule has 1 aromatic rings. The summed E-state index contributed by atoms with van der Waals surface area (Å²) in [5.41, 5.74) is 5.77. The smallest absolute Gasteiger partial charge is 0.318 e. The Morgan fingerprint density at radius 3 is 2.88 bits per heavy atom. The third-order valence-corrected chi connectivity index (χ3v) is 2.02. The monoisotopic (exact) mass is 222 g/mol. The van der Waals surface area contributed by atoms with Crippen molar-refractivity contribution in [1.29, 1.82) is 0 Å². The highest BCUT2D eigenvalue weighted by Gasteiger charge is 2.08. The van der Waals surface area contributed by atoms with Crippen LogP contribution in [0.2, 0.25) is 0 Å². The molecule has 0 fully saturated rings.